The number of anilines is 3. The zero-order valence-electron chi connectivity index (χ0n) is 23.5. The molecule has 1 unspecified atom stereocenters. The number of nitrogens with one attached hydrogen (secondary N) is 2. The fourth-order valence-corrected chi connectivity index (χ4v) is 4.91. The Hall–Kier alpha value is -5.00. The van der Waals surface area contributed by atoms with Crippen LogP contribution in [0.3, 0.4) is 0 Å². The Balaban J connectivity index is 0.000000541. The van der Waals surface area contributed by atoms with Crippen molar-refractivity contribution in [3.8, 4) is 0 Å². The van der Waals surface area contributed by atoms with Crippen LogP contribution in [0.25, 0.3) is 11.0 Å². The number of hydrogen-bond acceptors (Lipinski definition) is 7. The summed E-state index contributed by atoms with van der Waals surface area (Å²) in [7, 11) is 0. The van der Waals surface area contributed by atoms with E-state index >= 15 is 0 Å². The highest BCUT2D eigenvalue weighted by molar-refractivity contribution is 5.94. The highest BCUT2D eigenvalue weighted by Gasteiger charge is 2.40. The number of aliphatic carboxylic acids is 1. The number of hydrogen-bond donors (Lipinski definition) is 4. The molecular weight excluding hydrogens is 567 g/mol. The lowest BCUT2D eigenvalue weighted by atomic mass is 9.91. The van der Waals surface area contributed by atoms with Gasteiger partial charge in [-0.3, -0.25) is 4.79 Å². The number of carbonyl (C=O) groups is 2. The van der Waals surface area contributed by atoms with E-state index in [1.54, 1.807) is 30.3 Å². The molecule has 0 amide bonds. The van der Waals surface area contributed by atoms with Crippen molar-refractivity contribution in [2.24, 2.45) is 0 Å². The fourth-order valence-electron chi connectivity index (χ4n) is 4.91. The Kier molecular flexibility index (Phi) is 8.70. The van der Waals surface area contributed by atoms with Crippen molar-refractivity contribution in [1.82, 2.24) is 0 Å². The van der Waals surface area contributed by atoms with Crippen LogP contribution in [0.4, 0.5) is 30.4 Å². The molecule has 4 N–H and O–H groups in total. The van der Waals surface area contributed by atoms with E-state index < -0.39 is 18.1 Å². The molecule has 1 atom stereocenters. The van der Waals surface area contributed by atoms with Gasteiger partial charge in [0.15, 0.2) is 11.3 Å². The van der Waals surface area contributed by atoms with Gasteiger partial charge in [0, 0.05) is 36.1 Å². The third kappa shape index (κ3) is 7.26. The molecule has 1 aliphatic heterocycles. The van der Waals surface area contributed by atoms with E-state index in [0.29, 0.717) is 35.6 Å². The predicted molar refractivity (Wildman–Crippen MR) is 157 cm³/mol. The molecule has 3 aromatic carbocycles. The summed E-state index contributed by atoms with van der Waals surface area (Å²) in [6.45, 7) is 7.40. The van der Waals surface area contributed by atoms with Crippen molar-refractivity contribution in [3.05, 3.63) is 99.7 Å². The molecule has 0 aliphatic carbocycles. The number of carboxylic acids is 2. The third-order valence-corrected chi connectivity index (χ3v) is 6.84. The van der Waals surface area contributed by atoms with E-state index in [-0.39, 0.29) is 22.6 Å². The van der Waals surface area contributed by atoms with Gasteiger partial charge in [-0.2, -0.15) is 13.2 Å². The second kappa shape index (κ2) is 12.1. The molecule has 9 nitrogen and oxygen atoms in total. The molecule has 5 rings (SSSR count). The van der Waals surface area contributed by atoms with E-state index in [0.717, 1.165) is 16.8 Å². The average Bonchev–Trinajstić information content (AvgIpc) is 2.92. The van der Waals surface area contributed by atoms with Crippen LogP contribution in [-0.2, 0) is 4.79 Å². The smallest absolute Gasteiger partial charge is 0.478 e. The maximum absolute atomic E-state index is 13.1. The van der Waals surface area contributed by atoms with E-state index in [4.69, 9.17) is 14.3 Å². The van der Waals surface area contributed by atoms with Gasteiger partial charge in [-0.1, -0.05) is 36.4 Å². The number of rotatable bonds is 7. The van der Waals surface area contributed by atoms with Gasteiger partial charge >= 0.3 is 18.1 Å². The Morgan fingerprint density at radius 1 is 1.00 bits per heavy atom. The molecule has 2 heterocycles. The molecule has 1 aliphatic rings. The third-order valence-electron chi connectivity index (χ3n) is 6.84. The fraction of sp³-hybridized carbons (Fsp3) is 0.258. The summed E-state index contributed by atoms with van der Waals surface area (Å²) in [6, 6.07) is 21.9. The van der Waals surface area contributed by atoms with Crippen molar-refractivity contribution in [3.63, 3.8) is 0 Å². The van der Waals surface area contributed by atoms with Gasteiger partial charge in [-0.25, -0.2) is 9.59 Å². The van der Waals surface area contributed by atoms with Crippen molar-refractivity contribution in [1.29, 1.82) is 0 Å². The largest absolute Gasteiger partial charge is 0.490 e. The Morgan fingerprint density at radius 3 is 2.21 bits per heavy atom. The van der Waals surface area contributed by atoms with Gasteiger partial charge in [0.05, 0.1) is 22.5 Å². The Bertz CT molecular complexity index is 1700. The highest BCUT2D eigenvalue weighted by atomic mass is 19.4. The summed E-state index contributed by atoms with van der Waals surface area (Å²) < 4.78 is 38.1. The van der Waals surface area contributed by atoms with Gasteiger partial charge in [0.1, 0.15) is 5.58 Å². The summed E-state index contributed by atoms with van der Waals surface area (Å²) in [5.74, 6) is -3.23. The molecule has 1 fully saturated rings. The van der Waals surface area contributed by atoms with Gasteiger partial charge in [0.25, 0.3) is 0 Å². The molecule has 43 heavy (non-hydrogen) atoms. The topological polar surface area (TPSA) is 132 Å². The first-order chi connectivity index (χ1) is 20.2. The van der Waals surface area contributed by atoms with Gasteiger partial charge < -0.3 is 30.2 Å². The monoisotopic (exact) mass is 597 g/mol. The second-order valence-electron chi connectivity index (χ2n) is 10.6. The minimum absolute atomic E-state index is 0.0982. The molecular formula is C31H30F3N3O6. The number of fused-ring (bicyclic) bond motifs is 1. The summed E-state index contributed by atoms with van der Waals surface area (Å²) >= 11 is 0. The normalized spacial score (nSPS) is 14.6. The SMILES string of the molecule is Cc1cc(C(C)Nc2ccccc2C(=O)O)c2oc(N3CC(C)(Nc4ccccc4)C3)cc(=O)c2c1.O=C(O)C(F)(F)F. The van der Waals surface area contributed by atoms with Crippen molar-refractivity contribution in [2.75, 3.05) is 28.6 Å². The van der Waals surface area contributed by atoms with Crippen LogP contribution in [-0.4, -0.2) is 47.0 Å². The minimum Gasteiger partial charge on any atom is -0.478 e. The standard InChI is InChI=1S/C29H29N3O4.C2HF3O2/c1-18-13-22(19(2)30-24-12-8-7-11-21(24)28(34)35)27-23(14-18)25(33)15-26(36-27)32-16-29(3,17-32)31-20-9-5-4-6-10-20;3-2(4,5)1(6)7/h4-15,19,30-31H,16-17H2,1-3H3,(H,34,35);(H,6,7). The quantitative estimate of drug-likeness (QED) is 0.194. The first-order valence-electron chi connectivity index (χ1n) is 13.2. The molecule has 1 aromatic heterocycles. The number of nitrogens with zero attached hydrogens (tertiary/aromatic N) is 1. The molecule has 12 heteroatoms. The zero-order valence-corrected chi connectivity index (χ0v) is 23.5. The molecule has 1 saturated heterocycles. The number of para-hydroxylation sites is 2. The molecule has 4 aromatic rings. The summed E-state index contributed by atoms with van der Waals surface area (Å²) in [5.41, 5.74) is 3.76. The lowest BCUT2D eigenvalue weighted by Gasteiger charge is -2.49. The van der Waals surface area contributed by atoms with Crippen LogP contribution < -0.4 is 21.0 Å². The van der Waals surface area contributed by atoms with E-state index in [1.165, 1.54) is 0 Å². The van der Waals surface area contributed by atoms with E-state index in [9.17, 15) is 27.9 Å². The van der Waals surface area contributed by atoms with Crippen molar-refractivity contribution in [2.45, 2.75) is 38.5 Å². The molecule has 0 radical (unpaired) electrons. The number of halogens is 3. The Morgan fingerprint density at radius 2 is 1.60 bits per heavy atom. The van der Waals surface area contributed by atoms with Crippen LogP contribution in [0.5, 0.6) is 0 Å². The number of alkyl halides is 3. The Labute approximate surface area is 244 Å². The number of aryl methyl sites for hydroxylation is 1. The summed E-state index contributed by atoms with van der Waals surface area (Å²) in [4.78, 5) is 35.7. The van der Waals surface area contributed by atoms with Crippen molar-refractivity contribution >= 4 is 40.2 Å². The van der Waals surface area contributed by atoms with Gasteiger partial charge in [0.2, 0.25) is 0 Å². The summed E-state index contributed by atoms with van der Waals surface area (Å²) in [6.07, 6.45) is -5.08. The van der Waals surface area contributed by atoms with Gasteiger partial charge in [-0.05, 0) is 56.7 Å². The number of benzene rings is 3. The van der Waals surface area contributed by atoms with Crippen LogP contribution in [0.1, 0.15) is 41.4 Å². The van der Waals surface area contributed by atoms with Crippen LogP contribution in [0, 0.1) is 6.92 Å². The van der Waals surface area contributed by atoms with Crippen LogP contribution >= 0.6 is 0 Å². The second-order valence-corrected chi connectivity index (χ2v) is 10.6. The lowest BCUT2D eigenvalue weighted by Crippen LogP contribution is -2.64. The number of aromatic carboxylic acids is 1. The summed E-state index contributed by atoms with van der Waals surface area (Å²) in [5, 5.41) is 24.1. The highest BCUT2D eigenvalue weighted by Crippen LogP contribution is 2.34. The maximum atomic E-state index is 13.1. The molecule has 0 saturated carbocycles. The number of carboxylic acid groups (broad SMARTS) is 2. The lowest BCUT2D eigenvalue weighted by molar-refractivity contribution is -0.192. The molecule has 0 bridgehead atoms. The zero-order chi connectivity index (χ0) is 31.5. The van der Waals surface area contributed by atoms with Crippen LogP contribution in [0.2, 0.25) is 0 Å². The average molecular weight is 598 g/mol. The first-order valence-corrected chi connectivity index (χ1v) is 13.2. The molecule has 0 spiro atoms. The molecule has 226 valence electrons. The predicted octanol–water partition coefficient (Wildman–Crippen LogP) is 6.30. The van der Waals surface area contributed by atoms with Gasteiger partial charge in [-0.15, -0.1) is 0 Å². The maximum Gasteiger partial charge on any atom is 0.490 e. The van der Waals surface area contributed by atoms with Crippen molar-refractivity contribution < 1.29 is 37.4 Å². The van der Waals surface area contributed by atoms with E-state index in [1.807, 2.05) is 56.3 Å². The van der Waals surface area contributed by atoms with E-state index in [2.05, 4.69) is 22.5 Å². The first kappa shape index (κ1) is 30.9. The van der Waals surface area contributed by atoms with Crippen LogP contribution in [0.15, 0.2) is 82.0 Å². The minimum atomic E-state index is -5.08.